The first-order valence-electron chi connectivity index (χ1n) is 23.3. The Morgan fingerprint density at radius 3 is 1.89 bits per heavy atom. The largest absolute Gasteiger partial charge is 2.00 e. The summed E-state index contributed by atoms with van der Waals surface area (Å²) in [7, 11) is 0. The van der Waals surface area contributed by atoms with Crippen LogP contribution in [-0.2, 0) is 21.1 Å². The Balaban J connectivity index is 0.00000511. The molecule has 0 saturated heterocycles. The molecule has 0 spiro atoms. The second kappa shape index (κ2) is 18.4. The number of ether oxygens (including phenoxy) is 1. The molecule has 10 aromatic rings. The van der Waals surface area contributed by atoms with E-state index in [1.807, 2.05) is 42.6 Å². The summed E-state index contributed by atoms with van der Waals surface area (Å²) < 4.78 is 11.1. The Hall–Kier alpha value is -6.55. The van der Waals surface area contributed by atoms with Gasteiger partial charge >= 0.3 is 21.1 Å². The Kier molecular flexibility index (Phi) is 12.1. The molecule has 3 aromatic heterocycles. The third-order valence-electron chi connectivity index (χ3n) is 13.4. The normalized spacial score (nSPS) is 13.2. The summed E-state index contributed by atoms with van der Waals surface area (Å²) in [6.07, 6.45) is 8.56. The fourth-order valence-electron chi connectivity index (χ4n) is 10.1. The first kappa shape index (κ1) is 43.3. The van der Waals surface area contributed by atoms with Crippen LogP contribution in [0, 0.1) is 12.1 Å². The Bertz CT molecular complexity index is 3290. The number of pyridine rings is 1. The van der Waals surface area contributed by atoms with Crippen LogP contribution >= 0.6 is 0 Å². The molecule has 0 N–H and O–H groups in total. The zero-order valence-electron chi connectivity index (χ0n) is 37.9. The van der Waals surface area contributed by atoms with Gasteiger partial charge in [-0.15, -0.1) is 41.3 Å². The van der Waals surface area contributed by atoms with Gasteiger partial charge in [0.15, 0.2) is 0 Å². The zero-order chi connectivity index (χ0) is 44.0. The first-order valence-corrected chi connectivity index (χ1v) is 23.3. The summed E-state index contributed by atoms with van der Waals surface area (Å²) >= 11 is 0. The van der Waals surface area contributed by atoms with Crippen molar-refractivity contribution < 1.29 is 25.8 Å². The molecule has 0 atom stereocenters. The number of para-hydroxylation sites is 3. The van der Waals surface area contributed by atoms with E-state index in [2.05, 4.69) is 170 Å². The molecule has 0 unspecified atom stereocenters. The second-order valence-corrected chi connectivity index (χ2v) is 18.3. The molecule has 328 valence electrons. The predicted molar refractivity (Wildman–Crippen MR) is 268 cm³/mol. The number of hydrogen-bond donors (Lipinski definition) is 0. The number of aromatic nitrogens is 4. The Labute approximate surface area is 402 Å². The third kappa shape index (κ3) is 8.09. The number of hydrogen-bond acceptors (Lipinski definition) is 3. The van der Waals surface area contributed by atoms with Crippen LogP contribution in [-0.4, -0.2) is 19.1 Å². The van der Waals surface area contributed by atoms with Crippen LogP contribution in [0.15, 0.2) is 164 Å². The van der Waals surface area contributed by atoms with Crippen molar-refractivity contribution in [2.24, 2.45) is 0 Å². The van der Waals surface area contributed by atoms with Gasteiger partial charge in [-0.1, -0.05) is 143 Å². The van der Waals surface area contributed by atoms with E-state index in [4.69, 9.17) is 14.7 Å². The number of fused-ring (bicyclic) bond motifs is 4. The molecule has 66 heavy (non-hydrogen) atoms. The van der Waals surface area contributed by atoms with E-state index in [1.54, 1.807) is 0 Å². The maximum absolute atomic E-state index is 6.63. The van der Waals surface area contributed by atoms with Crippen LogP contribution in [0.25, 0.3) is 78.0 Å². The minimum atomic E-state index is 0. The van der Waals surface area contributed by atoms with Gasteiger partial charge in [0.2, 0.25) is 0 Å². The van der Waals surface area contributed by atoms with Crippen molar-refractivity contribution in [2.75, 3.05) is 0 Å². The maximum atomic E-state index is 6.63. The molecule has 0 aliphatic heterocycles. The Morgan fingerprint density at radius 2 is 1.20 bits per heavy atom. The first-order chi connectivity index (χ1) is 31.9. The molecule has 0 bridgehead atoms. The molecule has 6 heteroatoms. The molecule has 11 rings (SSSR count). The summed E-state index contributed by atoms with van der Waals surface area (Å²) in [4.78, 5) is 10.0. The van der Waals surface area contributed by atoms with E-state index < -0.39 is 0 Å². The maximum Gasteiger partial charge on any atom is 2.00 e. The van der Waals surface area contributed by atoms with Crippen molar-refractivity contribution >= 4 is 32.8 Å². The van der Waals surface area contributed by atoms with Gasteiger partial charge in [-0.3, -0.25) is 4.98 Å². The van der Waals surface area contributed by atoms with Gasteiger partial charge in [-0.25, -0.2) is 4.98 Å². The topological polar surface area (TPSA) is 44.9 Å². The molecule has 1 fully saturated rings. The van der Waals surface area contributed by atoms with Gasteiger partial charge in [0.05, 0.1) is 16.9 Å². The fraction of sp³-hybridized carbons (Fsp3) is 0.200. The summed E-state index contributed by atoms with van der Waals surface area (Å²) in [6, 6.07) is 63.5. The molecule has 1 aliphatic rings. The van der Waals surface area contributed by atoms with Crippen LogP contribution in [0.4, 0.5) is 0 Å². The average Bonchev–Trinajstić information content (AvgIpc) is 3.90. The quantitative estimate of drug-likeness (QED) is 0.128. The standard InChI is InChI=1S/C60H52N4O.Pt/c1-39(2)52-36-47(45-30-28-44(29-31-45)43-26-24-42(25-27-43)41-15-6-5-7-16-41)37-53(40(3)4)59(52)64-56-22-11-9-20-54(56)62-60(64)46-17-14-18-48(35-46)65-49-32-33-51-50-19-8-10-21-55(50)63(57(51)38-49)58-23-12-13-34-61-58;/h8-14,17-34,36-37,39-41H,5-7,15-16H2,1-4H3;/q-2;+2. The van der Waals surface area contributed by atoms with E-state index in [0.29, 0.717) is 17.4 Å². The molecule has 1 saturated carbocycles. The number of imidazole rings is 1. The SMILES string of the molecule is CC(C)c1cc(-c2ccc(-c3ccc(C4CCCCC4)cc3)cc2)cc(C(C)C)c1-n1c(-c2[c-]c(Oc3[c-]c4c(cc3)c3ccccc3n4-c3ccccn3)ccc2)nc2ccccc21.[Pt+2]. The smallest absolute Gasteiger partial charge is 0.503 e. The number of benzene rings is 7. The molecular formula is C60H52N4OPt. The minimum absolute atomic E-state index is 0. The van der Waals surface area contributed by atoms with Crippen LogP contribution < -0.4 is 4.74 Å². The summed E-state index contributed by atoms with van der Waals surface area (Å²) in [5.41, 5.74) is 15.0. The molecule has 0 amide bonds. The van der Waals surface area contributed by atoms with Crippen molar-refractivity contribution in [3.8, 4) is 56.6 Å². The zero-order valence-corrected chi connectivity index (χ0v) is 40.1. The predicted octanol–water partition coefficient (Wildman–Crippen LogP) is 16.2. The van der Waals surface area contributed by atoms with Gasteiger partial charge in [-0.05, 0) is 117 Å². The summed E-state index contributed by atoms with van der Waals surface area (Å²) in [5, 5.41) is 2.23. The van der Waals surface area contributed by atoms with E-state index in [-0.39, 0.29) is 32.9 Å². The molecule has 7 aromatic carbocycles. The fourth-order valence-corrected chi connectivity index (χ4v) is 10.1. The minimum Gasteiger partial charge on any atom is -0.503 e. The van der Waals surface area contributed by atoms with E-state index >= 15 is 0 Å². The Morgan fingerprint density at radius 1 is 0.561 bits per heavy atom. The molecule has 5 nitrogen and oxygen atoms in total. The molecule has 3 heterocycles. The van der Waals surface area contributed by atoms with Gasteiger partial charge < -0.3 is 13.9 Å². The second-order valence-electron chi connectivity index (χ2n) is 18.3. The average molecular weight is 1040 g/mol. The molecular weight excluding hydrogens is 988 g/mol. The van der Waals surface area contributed by atoms with Gasteiger partial charge in [0, 0.05) is 28.9 Å². The van der Waals surface area contributed by atoms with Crippen molar-refractivity contribution in [1.29, 1.82) is 0 Å². The van der Waals surface area contributed by atoms with Gasteiger partial charge in [0.25, 0.3) is 0 Å². The monoisotopic (exact) mass is 1040 g/mol. The van der Waals surface area contributed by atoms with Crippen LogP contribution in [0.2, 0.25) is 0 Å². The number of rotatable bonds is 10. The van der Waals surface area contributed by atoms with E-state index in [0.717, 1.165) is 50.0 Å². The third-order valence-corrected chi connectivity index (χ3v) is 13.4. The van der Waals surface area contributed by atoms with E-state index in [1.165, 1.54) is 76.7 Å². The van der Waals surface area contributed by atoms with Crippen LogP contribution in [0.3, 0.4) is 0 Å². The molecule has 1 aliphatic carbocycles. The summed E-state index contributed by atoms with van der Waals surface area (Å²) in [6.45, 7) is 9.19. The van der Waals surface area contributed by atoms with Crippen LogP contribution in [0.5, 0.6) is 11.5 Å². The number of nitrogens with zero attached hydrogens (tertiary/aromatic N) is 4. The molecule has 0 radical (unpaired) electrons. The van der Waals surface area contributed by atoms with Gasteiger partial charge in [0.1, 0.15) is 5.82 Å². The van der Waals surface area contributed by atoms with Crippen molar-refractivity contribution in [1.82, 2.24) is 19.1 Å². The van der Waals surface area contributed by atoms with Crippen molar-refractivity contribution in [3.05, 3.63) is 193 Å². The van der Waals surface area contributed by atoms with Crippen molar-refractivity contribution in [2.45, 2.75) is 77.6 Å². The van der Waals surface area contributed by atoms with Crippen LogP contribution in [0.1, 0.15) is 94.2 Å². The van der Waals surface area contributed by atoms with Crippen molar-refractivity contribution in [3.63, 3.8) is 0 Å². The summed E-state index contributed by atoms with van der Waals surface area (Å²) in [5.74, 6) is 4.03. The van der Waals surface area contributed by atoms with Gasteiger partial charge in [-0.2, -0.15) is 6.07 Å². The van der Waals surface area contributed by atoms with E-state index in [9.17, 15) is 0 Å².